The maximum Gasteiger partial charge on any atom is 0.434 e. The van der Waals surface area contributed by atoms with Crippen molar-refractivity contribution in [3.63, 3.8) is 0 Å². The van der Waals surface area contributed by atoms with Crippen LogP contribution in [0.25, 0.3) is 0 Å². The van der Waals surface area contributed by atoms with Crippen molar-refractivity contribution in [2.45, 2.75) is 6.54 Å². The smallest absolute Gasteiger partial charge is 0.434 e. The van der Waals surface area contributed by atoms with Crippen molar-refractivity contribution in [3.8, 4) is 0 Å². The van der Waals surface area contributed by atoms with Gasteiger partial charge in [0.1, 0.15) is 12.4 Å². The van der Waals surface area contributed by atoms with Gasteiger partial charge in [0.2, 0.25) is 5.91 Å². The van der Waals surface area contributed by atoms with Crippen molar-refractivity contribution in [1.82, 2.24) is 34.5 Å². The lowest BCUT2D eigenvalue weighted by Gasteiger charge is -2.32. The molecule has 38 heavy (non-hydrogen) atoms. The zero-order valence-electron chi connectivity index (χ0n) is 21.0. The third-order valence-electron chi connectivity index (χ3n) is 5.91. The number of nitrogens with zero attached hydrogens (tertiary/aromatic N) is 7. The monoisotopic (exact) mass is 542 g/mol. The van der Waals surface area contributed by atoms with E-state index in [1.54, 1.807) is 19.6 Å². The highest BCUT2D eigenvalue weighted by atomic mass is 16.6. The number of aromatic nitrogens is 2. The Bertz CT molecular complexity index is 940. The molecule has 0 aliphatic carbocycles. The molecule has 1 aromatic rings. The van der Waals surface area contributed by atoms with Crippen molar-refractivity contribution in [2.75, 3.05) is 85.1 Å². The highest BCUT2D eigenvalue weighted by Crippen LogP contribution is 2.06. The van der Waals surface area contributed by atoms with E-state index >= 15 is 0 Å². The zero-order valence-corrected chi connectivity index (χ0v) is 21.0. The molecule has 2 heterocycles. The molecular weight excluding hydrogens is 508 g/mol. The van der Waals surface area contributed by atoms with E-state index in [2.05, 4.69) is 10.3 Å². The van der Waals surface area contributed by atoms with Crippen molar-refractivity contribution < 1.29 is 39.4 Å². The summed E-state index contributed by atoms with van der Waals surface area (Å²) in [7, 11) is 0. The first kappa shape index (κ1) is 30.6. The number of carboxylic acid groups (broad SMARTS) is 3. The van der Waals surface area contributed by atoms with Gasteiger partial charge < -0.3 is 30.8 Å². The van der Waals surface area contributed by atoms with Crippen molar-refractivity contribution >= 4 is 29.8 Å². The molecule has 1 aliphatic rings. The summed E-state index contributed by atoms with van der Waals surface area (Å²) in [6, 6.07) is 0. The van der Waals surface area contributed by atoms with Crippen LogP contribution in [-0.2, 0) is 25.7 Å². The van der Waals surface area contributed by atoms with E-state index in [0.717, 1.165) is 0 Å². The van der Waals surface area contributed by atoms with Crippen LogP contribution in [0.4, 0.5) is 5.95 Å². The van der Waals surface area contributed by atoms with E-state index in [4.69, 9.17) is 0 Å². The van der Waals surface area contributed by atoms with Gasteiger partial charge in [0, 0.05) is 58.9 Å². The Balaban J connectivity index is 2.03. The van der Waals surface area contributed by atoms with Crippen LogP contribution in [0.15, 0.2) is 12.4 Å². The number of amides is 1. The van der Waals surface area contributed by atoms with Crippen LogP contribution in [0, 0.1) is 10.1 Å². The Kier molecular flexibility index (Phi) is 12.5. The predicted molar refractivity (Wildman–Crippen MR) is 131 cm³/mol. The Morgan fingerprint density at radius 1 is 0.789 bits per heavy atom. The van der Waals surface area contributed by atoms with Crippen LogP contribution >= 0.6 is 0 Å². The number of imidazole rings is 1. The molecule has 17 nitrogen and oxygen atoms in total. The van der Waals surface area contributed by atoms with E-state index in [1.165, 1.54) is 17.0 Å². The van der Waals surface area contributed by atoms with Gasteiger partial charge >= 0.3 is 23.9 Å². The van der Waals surface area contributed by atoms with E-state index in [-0.39, 0.29) is 77.3 Å². The lowest BCUT2D eigenvalue weighted by Crippen LogP contribution is -2.50. The van der Waals surface area contributed by atoms with Crippen molar-refractivity contribution in [2.24, 2.45) is 0 Å². The predicted octanol–water partition coefficient (Wildman–Crippen LogP) is -2.62. The zero-order chi connectivity index (χ0) is 28.1. The average Bonchev–Trinajstić information content (AvgIpc) is 3.28. The quantitative estimate of drug-likeness (QED) is 0.157. The van der Waals surface area contributed by atoms with E-state index in [0.29, 0.717) is 26.2 Å². The Hall–Kier alpha value is -3.67. The minimum atomic E-state index is -1.04. The van der Waals surface area contributed by atoms with E-state index in [1.807, 2.05) is 0 Å². The molecule has 0 saturated carbocycles. The lowest BCUT2D eigenvalue weighted by molar-refractivity contribution is -0.396. The lowest BCUT2D eigenvalue weighted by atomic mass is 10.3. The minimum absolute atomic E-state index is 0.0427. The van der Waals surface area contributed by atoms with Crippen LogP contribution < -0.4 is 5.32 Å². The molecule has 1 aromatic heterocycles. The number of carbonyl (C=O) groups excluding carboxylic acids is 1. The average molecular weight is 543 g/mol. The number of carboxylic acids is 3. The number of hydrogen-bond donors (Lipinski definition) is 4. The van der Waals surface area contributed by atoms with E-state index in [9.17, 15) is 44.6 Å². The summed E-state index contributed by atoms with van der Waals surface area (Å²) >= 11 is 0. The third kappa shape index (κ3) is 11.6. The second kappa shape index (κ2) is 15.6. The Morgan fingerprint density at radius 3 is 1.55 bits per heavy atom. The normalized spacial score (nSPS) is 17.3. The van der Waals surface area contributed by atoms with Gasteiger partial charge in [-0.25, -0.2) is 4.57 Å². The van der Waals surface area contributed by atoms with Gasteiger partial charge in [-0.05, 0) is 4.92 Å². The first-order valence-corrected chi connectivity index (χ1v) is 12.0. The Labute approximate surface area is 218 Å². The third-order valence-corrected chi connectivity index (χ3v) is 5.91. The maximum absolute atomic E-state index is 12.6. The summed E-state index contributed by atoms with van der Waals surface area (Å²) in [4.78, 5) is 67.3. The summed E-state index contributed by atoms with van der Waals surface area (Å²) in [6.07, 6.45) is 2.73. The summed E-state index contributed by atoms with van der Waals surface area (Å²) in [5, 5.41) is 41.5. The van der Waals surface area contributed by atoms with Crippen LogP contribution in [0.5, 0.6) is 0 Å². The summed E-state index contributed by atoms with van der Waals surface area (Å²) in [6.45, 7) is 1.80. The fraction of sp³-hybridized carbons (Fsp3) is 0.667. The van der Waals surface area contributed by atoms with Crippen LogP contribution in [0.2, 0.25) is 0 Å². The number of aliphatic carboxylic acids is 3. The molecule has 0 aromatic carbocycles. The van der Waals surface area contributed by atoms with Crippen LogP contribution in [0.1, 0.15) is 0 Å². The van der Waals surface area contributed by atoms with Gasteiger partial charge in [-0.1, -0.05) is 4.98 Å². The highest BCUT2D eigenvalue weighted by molar-refractivity contribution is 5.78. The fourth-order valence-corrected chi connectivity index (χ4v) is 4.01. The topological polar surface area (TPSA) is 215 Å². The summed E-state index contributed by atoms with van der Waals surface area (Å²) in [5.74, 6) is -3.78. The molecule has 17 heteroatoms. The second-order valence-corrected chi connectivity index (χ2v) is 8.81. The summed E-state index contributed by atoms with van der Waals surface area (Å²) in [5.41, 5.74) is 0. The molecular formula is C21H34N8O9. The van der Waals surface area contributed by atoms with Gasteiger partial charge in [0.05, 0.1) is 32.7 Å². The van der Waals surface area contributed by atoms with Crippen molar-refractivity contribution in [1.29, 1.82) is 0 Å². The number of rotatable bonds is 12. The summed E-state index contributed by atoms with van der Waals surface area (Å²) < 4.78 is 1.30. The SMILES string of the molecule is O=C(O)CN1CCN(CC(=O)O)CCN(CC(=O)NCCn2ccnc2[N+](=O)[O-])CCN(CC(=O)O)CC1. The molecule has 0 bridgehead atoms. The van der Waals surface area contributed by atoms with Gasteiger partial charge in [0.25, 0.3) is 0 Å². The number of nitrogens with one attached hydrogen (secondary N) is 1. The second-order valence-electron chi connectivity index (χ2n) is 8.81. The minimum Gasteiger partial charge on any atom is -0.480 e. The van der Waals surface area contributed by atoms with Crippen LogP contribution in [-0.4, -0.2) is 158 Å². The molecule has 1 saturated heterocycles. The van der Waals surface area contributed by atoms with Crippen LogP contribution in [0.3, 0.4) is 0 Å². The largest absolute Gasteiger partial charge is 0.480 e. The molecule has 2 rings (SSSR count). The number of hydrogen-bond acceptors (Lipinski definition) is 11. The van der Waals surface area contributed by atoms with Gasteiger partial charge in [-0.2, -0.15) is 0 Å². The van der Waals surface area contributed by atoms with Gasteiger partial charge in [-0.3, -0.25) is 38.8 Å². The highest BCUT2D eigenvalue weighted by Gasteiger charge is 2.21. The maximum atomic E-state index is 12.6. The standard InChI is InChI=1S/C21H34N8O9/c30-17(22-1-3-28-4-2-23-21(28)29(37)38)13-24-5-7-25(14-18(31)32)9-11-27(16-20(35)36)12-10-26(8-6-24)15-19(33)34/h2,4H,1,3,5-16H2,(H,22,30)(H,31,32)(H,33,34)(H,35,36). The van der Waals surface area contributed by atoms with Gasteiger partial charge in [0.15, 0.2) is 0 Å². The Morgan fingerprint density at radius 2 is 1.18 bits per heavy atom. The molecule has 0 atom stereocenters. The first-order chi connectivity index (χ1) is 18.0. The molecule has 1 amide bonds. The first-order valence-electron chi connectivity index (χ1n) is 12.0. The fourth-order valence-electron chi connectivity index (χ4n) is 4.01. The molecule has 4 N–H and O–H groups in total. The molecule has 0 spiro atoms. The van der Waals surface area contributed by atoms with Crippen molar-refractivity contribution in [3.05, 3.63) is 22.5 Å². The number of carbonyl (C=O) groups is 4. The molecule has 0 radical (unpaired) electrons. The van der Waals surface area contributed by atoms with Gasteiger partial charge in [-0.15, -0.1) is 0 Å². The molecule has 212 valence electrons. The molecule has 0 unspecified atom stereocenters. The van der Waals surface area contributed by atoms with E-state index < -0.39 is 22.8 Å². The molecule has 1 fully saturated rings. The number of nitro groups is 1. The molecule has 1 aliphatic heterocycles.